The summed E-state index contributed by atoms with van der Waals surface area (Å²) in [6.07, 6.45) is 1.98. The number of nitrogens with two attached hydrogens (primary N) is 1. The Hall–Kier alpha value is -1.84. The van der Waals surface area contributed by atoms with Crippen LogP contribution in [0, 0.1) is 0 Å². The lowest BCUT2D eigenvalue weighted by Crippen LogP contribution is -2.02. The molecule has 0 atom stereocenters. The molecule has 18 heavy (non-hydrogen) atoms. The molecule has 3 aromatic rings. The van der Waals surface area contributed by atoms with Crippen LogP contribution in [0.5, 0.6) is 0 Å². The predicted molar refractivity (Wildman–Crippen MR) is 73.5 cm³/mol. The van der Waals surface area contributed by atoms with Crippen molar-refractivity contribution in [3.63, 3.8) is 0 Å². The molecule has 0 radical (unpaired) electrons. The van der Waals surface area contributed by atoms with Gasteiger partial charge in [0.15, 0.2) is 0 Å². The number of hydrogen-bond acceptors (Lipinski definition) is 2. The summed E-state index contributed by atoms with van der Waals surface area (Å²) in [7, 11) is 0. The second-order valence-corrected chi connectivity index (χ2v) is 4.48. The van der Waals surface area contributed by atoms with Crippen molar-refractivity contribution in [1.29, 1.82) is 0 Å². The average Bonchev–Trinajstić information content (AvgIpc) is 2.78. The summed E-state index contributed by atoms with van der Waals surface area (Å²) >= 11 is 5.90. The van der Waals surface area contributed by atoms with Gasteiger partial charge in [0.2, 0.25) is 0 Å². The highest BCUT2D eigenvalue weighted by molar-refractivity contribution is 6.30. The molecule has 0 spiro atoms. The summed E-state index contributed by atoms with van der Waals surface area (Å²) in [5.41, 5.74) is 9.70. The highest BCUT2D eigenvalue weighted by atomic mass is 35.5. The number of hydrogen-bond donors (Lipinski definition) is 1. The zero-order chi connectivity index (χ0) is 12.5. The van der Waals surface area contributed by atoms with Crippen molar-refractivity contribution < 1.29 is 0 Å². The molecule has 0 bridgehead atoms. The highest BCUT2D eigenvalue weighted by Crippen LogP contribution is 2.25. The fourth-order valence-corrected chi connectivity index (χ4v) is 2.21. The van der Waals surface area contributed by atoms with Gasteiger partial charge in [0.05, 0.1) is 11.4 Å². The quantitative estimate of drug-likeness (QED) is 0.767. The van der Waals surface area contributed by atoms with Crippen molar-refractivity contribution in [3.05, 3.63) is 59.4 Å². The van der Waals surface area contributed by atoms with Gasteiger partial charge in [-0.15, -0.1) is 0 Å². The third-order valence-corrected chi connectivity index (χ3v) is 3.19. The fourth-order valence-electron chi connectivity index (χ4n) is 2.08. The summed E-state index contributed by atoms with van der Waals surface area (Å²) in [6, 6.07) is 13.6. The molecule has 3 rings (SSSR count). The highest BCUT2D eigenvalue weighted by Gasteiger charge is 2.11. The molecule has 0 aliphatic rings. The van der Waals surface area contributed by atoms with Gasteiger partial charge in [0.25, 0.3) is 0 Å². The number of halogens is 1. The number of aromatic nitrogens is 2. The Labute approximate surface area is 110 Å². The van der Waals surface area contributed by atoms with Crippen LogP contribution in [0.15, 0.2) is 48.7 Å². The Kier molecular flexibility index (Phi) is 2.78. The molecule has 0 saturated heterocycles. The number of fused-ring (bicyclic) bond motifs is 1. The van der Waals surface area contributed by atoms with Gasteiger partial charge in [-0.25, -0.2) is 4.98 Å². The molecule has 1 aromatic carbocycles. The molecule has 4 heteroatoms. The van der Waals surface area contributed by atoms with Crippen LogP contribution in [-0.4, -0.2) is 9.38 Å². The van der Waals surface area contributed by atoms with Crippen LogP contribution >= 0.6 is 11.6 Å². The van der Waals surface area contributed by atoms with Crippen LogP contribution in [0.4, 0.5) is 0 Å². The van der Waals surface area contributed by atoms with E-state index in [9.17, 15) is 0 Å². The maximum atomic E-state index is 5.90. The smallest absolute Gasteiger partial charge is 0.137 e. The molecular weight excluding hydrogens is 246 g/mol. The largest absolute Gasteiger partial charge is 0.325 e. The molecule has 3 nitrogen and oxygen atoms in total. The second kappa shape index (κ2) is 4.44. The molecule has 0 amide bonds. The first-order chi connectivity index (χ1) is 8.79. The summed E-state index contributed by atoms with van der Waals surface area (Å²) in [5, 5.41) is 0.719. The van der Waals surface area contributed by atoms with E-state index in [0.717, 1.165) is 27.6 Å². The molecular formula is C14H12ClN3. The minimum Gasteiger partial charge on any atom is -0.325 e. The Balaban J connectivity index is 2.25. The van der Waals surface area contributed by atoms with E-state index < -0.39 is 0 Å². The minimum atomic E-state index is 0.448. The molecule has 2 N–H and O–H groups in total. The molecule has 0 saturated carbocycles. The van der Waals surface area contributed by atoms with Crippen molar-refractivity contribution in [2.24, 2.45) is 5.73 Å². The SMILES string of the molecule is NCc1c(-c2ccc(Cl)cc2)nc2ccccn12. The van der Waals surface area contributed by atoms with Crippen LogP contribution in [0.3, 0.4) is 0 Å². The van der Waals surface area contributed by atoms with E-state index in [1.165, 1.54) is 0 Å². The first kappa shape index (κ1) is 11.3. The summed E-state index contributed by atoms with van der Waals surface area (Å²) in [4.78, 5) is 4.62. The molecule has 2 aromatic heterocycles. The van der Waals surface area contributed by atoms with E-state index >= 15 is 0 Å². The van der Waals surface area contributed by atoms with E-state index in [2.05, 4.69) is 4.98 Å². The van der Waals surface area contributed by atoms with E-state index in [-0.39, 0.29) is 0 Å². The summed E-state index contributed by atoms with van der Waals surface area (Å²) in [5.74, 6) is 0. The second-order valence-electron chi connectivity index (χ2n) is 4.05. The topological polar surface area (TPSA) is 43.3 Å². The van der Waals surface area contributed by atoms with Crippen molar-refractivity contribution >= 4 is 17.2 Å². The van der Waals surface area contributed by atoms with Crippen LogP contribution in [0.1, 0.15) is 5.69 Å². The number of pyridine rings is 1. The zero-order valence-electron chi connectivity index (χ0n) is 9.68. The maximum Gasteiger partial charge on any atom is 0.137 e. The monoisotopic (exact) mass is 257 g/mol. The van der Waals surface area contributed by atoms with E-state index in [0.29, 0.717) is 6.54 Å². The third kappa shape index (κ3) is 1.78. The first-order valence-corrected chi connectivity index (χ1v) is 6.09. The van der Waals surface area contributed by atoms with Crippen molar-refractivity contribution in [2.45, 2.75) is 6.54 Å². The Morgan fingerprint density at radius 1 is 1.11 bits per heavy atom. The maximum absolute atomic E-state index is 5.90. The Bertz CT molecular complexity index is 686. The minimum absolute atomic E-state index is 0.448. The molecule has 90 valence electrons. The van der Waals surface area contributed by atoms with Crippen molar-refractivity contribution in [3.8, 4) is 11.3 Å². The van der Waals surface area contributed by atoms with Gasteiger partial charge in [-0.2, -0.15) is 0 Å². The van der Waals surface area contributed by atoms with Gasteiger partial charge >= 0.3 is 0 Å². The van der Waals surface area contributed by atoms with Crippen molar-refractivity contribution in [1.82, 2.24) is 9.38 Å². The molecule has 2 heterocycles. The first-order valence-electron chi connectivity index (χ1n) is 5.71. The summed E-state index contributed by atoms with van der Waals surface area (Å²) < 4.78 is 2.02. The Morgan fingerprint density at radius 2 is 1.89 bits per heavy atom. The predicted octanol–water partition coefficient (Wildman–Crippen LogP) is 3.11. The van der Waals surface area contributed by atoms with E-state index in [1.807, 2.05) is 53.1 Å². The van der Waals surface area contributed by atoms with Crippen LogP contribution < -0.4 is 5.73 Å². The molecule has 0 aliphatic heterocycles. The van der Waals surface area contributed by atoms with Crippen LogP contribution in [-0.2, 0) is 6.54 Å². The molecule has 0 unspecified atom stereocenters. The Morgan fingerprint density at radius 3 is 2.61 bits per heavy atom. The lowest BCUT2D eigenvalue weighted by atomic mass is 10.1. The van der Waals surface area contributed by atoms with Gasteiger partial charge in [0, 0.05) is 23.3 Å². The van der Waals surface area contributed by atoms with E-state index in [4.69, 9.17) is 17.3 Å². The van der Waals surface area contributed by atoms with Gasteiger partial charge in [0.1, 0.15) is 5.65 Å². The number of benzene rings is 1. The van der Waals surface area contributed by atoms with Gasteiger partial charge < -0.3 is 10.1 Å². The fraction of sp³-hybridized carbons (Fsp3) is 0.0714. The zero-order valence-corrected chi connectivity index (χ0v) is 10.4. The van der Waals surface area contributed by atoms with Crippen molar-refractivity contribution in [2.75, 3.05) is 0 Å². The lowest BCUT2D eigenvalue weighted by molar-refractivity contribution is 0.962. The van der Waals surface area contributed by atoms with Gasteiger partial charge in [-0.3, -0.25) is 0 Å². The molecule has 0 fully saturated rings. The summed E-state index contributed by atoms with van der Waals surface area (Å²) in [6.45, 7) is 0.448. The molecule has 0 aliphatic carbocycles. The lowest BCUT2D eigenvalue weighted by Gasteiger charge is -2.02. The van der Waals surface area contributed by atoms with Gasteiger partial charge in [-0.05, 0) is 24.3 Å². The van der Waals surface area contributed by atoms with Crippen LogP contribution in [0.2, 0.25) is 5.02 Å². The third-order valence-electron chi connectivity index (χ3n) is 2.94. The normalized spacial score (nSPS) is 11.0. The number of imidazole rings is 1. The standard InChI is InChI=1S/C14H12ClN3/c15-11-6-4-10(5-7-11)14-12(9-16)18-8-2-1-3-13(18)17-14/h1-8H,9,16H2. The average molecular weight is 258 g/mol. The van der Waals surface area contributed by atoms with E-state index in [1.54, 1.807) is 0 Å². The number of nitrogens with zero attached hydrogens (tertiary/aromatic N) is 2. The van der Waals surface area contributed by atoms with Crippen LogP contribution in [0.25, 0.3) is 16.9 Å². The number of rotatable bonds is 2. The van der Waals surface area contributed by atoms with Gasteiger partial charge in [-0.1, -0.05) is 29.8 Å².